The Balaban J connectivity index is 1.82. The zero-order valence-corrected chi connectivity index (χ0v) is 15.1. The molecule has 4 rings (SSSR count). The highest BCUT2D eigenvalue weighted by atomic mass is 19.3. The average molecular weight is 401 g/mol. The van der Waals surface area contributed by atoms with Crippen LogP contribution in [0.2, 0.25) is 0 Å². The first-order valence-corrected chi connectivity index (χ1v) is 8.50. The van der Waals surface area contributed by atoms with Gasteiger partial charge in [0.1, 0.15) is 0 Å². The van der Waals surface area contributed by atoms with E-state index in [9.17, 15) is 18.0 Å². The molecule has 0 bridgehead atoms. The van der Waals surface area contributed by atoms with Crippen molar-refractivity contribution in [1.29, 1.82) is 0 Å². The first-order valence-electron chi connectivity index (χ1n) is 8.50. The van der Waals surface area contributed by atoms with Crippen LogP contribution >= 0.6 is 0 Å². The minimum atomic E-state index is -3.15. The summed E-state index contributed by atoms with van der Waals surface area (Å²) in [4.78, 5) is 17.0. The number of benzene rings is 1. The highest BCUT2D eigenvalue weighted by molar-refractivity contribution is 5.79. The lowest BCUT2D eigenvalue weighted by Crippen LogP contribution is -2.23. The second-order valence-corrected chi connectivity index (χ2v) is 6.23. The normalized spacial score (nSPS) is 11.3. The van der Waals surface area contributed by atoms with Crippen LogP contribution < -0.4 is 10.4 Å². The third-order valence-corrected chi connectivity index (χ3v) is 4.40. The summed E-state index contributed by atoms with van der Waals surface area (Å²) in [7, 11) is 1.59. The summed E-state index contributed by atoms with van der Waals surface area (Å²) >= 11 is 0. The number of nitrogens with zero attached hydrogens (tertiary/aromatic N) is 5. The number of aromatic nitrogens is 5. The first kappa shape index (κ1) is 18.7. The van der Waals surface area contributed by atoms with Crippen molar-refractivity contribution in [3.8, 4) is 16.9 Å². The van der Waals surface area contributed by atoms with Crippen LogP contribution in [-0.4, -0.2) is 30.9 Å². The van der Waals surface area contributed by atoms with Gasteiger partial charge in [-0.2, -0.15) is 19.0 Å². The standard InChI is InChI=1S/C19H14F3N5O2/c1-26-17-15(27(19(26)28)10-13-3-2-6-24-25-13)7-12(9-23-17)11-4-5-14(20)16(8-11)29-18(21)22/h2-9,18H,10H2,1H3. The quantitative estimate of drug-likeness (QED) is 0.514. The van der Waals surface area contributed by atoms with Crippen molar-refractivity contribution >= 4 is 11.2 Å². The van der Waals surface area contributed by atoms with Crippen LogP contribution in [0.1, 0.15) is 5.69 Å². The third kappa shape index (κ3) is 3.56. The minimum absolute atomic E-state index is 0.179. The van der Waals surface area contributed by atoms with Gasteiger partial charge in [0.25, 0.3) is 0 Å². The van der Waals surface area contributed by atoms with Gasteiger partial charge in [0.15, 0.2) is 17.2 Å². The highest BCUT2D eigenvalue weighted by Gasteiger charge is 2.16. The minimum Gasteiger partial charge on any atom is -0.432 e. The maximum atomic E-state index is 13.7. The van der Waals surface area contributed by atoms with Crippen LogP contribution in [0.5, 0.6) is 5.75 Å². The number of alkyl halides is 2. The monoisotopic (exact) mass is 401 g/mol. The maximum absolute atomic E-state index is 13.7. The number of halogens is 3. The van der Waals surface area contributed by atoms with Gasteiger partial charge >= 0.3 is 12.3 Å². The Kier molecular flexibility index (Phi) is 4.75. The number of hydrogen-bond acceptors (Lipinski definition) is 5. The van der Waals surface area contributed by atoms with Gasteiger partial charge in [0, 0.05) is 25.0 Å². The molecule has 0 atom stereocenters. The molecule has 4 aromatic rings. The summed E-state index contributed by atoms with van der Waals surface area (Å²) in [6.45, 7) is -2.97. The SMILES string of the molecule is Cn1c(=O)n(Cc2cccnn2)c2cc(-c3ccc(F)c(OC(F)F)c3)cnc21. The van der Waals surface area contributed by atoms with E-state index in [1.807, 2.05) is 0 Å². The Hall–Kier alpha value is -3.69. The Morgan fingerprint density at radius 2 is 2.00 bits per heavy atom. The number of aryl methyl sites for hydroxylation is 1. The molecule has 148 valence electrons. The molecule has 3 heterocycles. The summed E-state index contributed by atoms with van der Waals surface area (Å²) < 4.78 is 45.8. The molecule has 0 saturated heterocycles. The maximum Gasteiger partial charge on any atom is 0.387 e. The van der Waals surface area contributed by atoms with Crippen molar-refractivity contribution in [2.45, 2.75) is 13.2 Å². The van der Waals surface area contributed by atoms with Crippen molar-refractivity contribution in [2.75, 3.05) is 0 Å². The summed E-state index contributed by atoms with van der Waals surface area (Å²) in [5.74, 6) is -1.47. The molecule has 0 aliphatic rings. The Bertz CT molecular complexity index is 1240. The molecule has 0 fully saturated rings. The zero-order chi connectivity index (χ0) is 20.5. The fourth-order valence-electron chi connectivity index (χ4n) is 3.04. The number of ether oxygens (including phenoxy) is 1. The molecule has 29 heavy (non-hydrogen) atoms. The molecule has 0 radical (unpaired) electrons. The molecule has 7 nitrogen and oxygen atoms in total. The Morgan fingerprint density at radius 3 is 2.72 bits per heavy atom. The van der Waals surface area contributed by atoms with Gasteiger partial charge in [-0.05, 0) is 35.9 Å². The molecular weight excluding hydrogens is 387 g/mol. The molecule has 0 N–H and O–H groups in total. The van der Waals surface area contributed by atoms with Gasteiger partial charge in [-0.1, -0.05) is 6.07 Å². The predicted octanol–water partition coefficient (Wildman–Crippen LogP) is 2.98. The second-order valence-electron chi connectivity index (χ2n) is 6.23. The summed E-state index contributed by atoms with van der Waals surface area (Å²) in [5.41, 5.74) is 2.17. The second kappa shape index (κ2) is 7.38. The van der Waals surface area contributed by atoms with Crippen molar-refractivity contribution < 1.29 is 17.9 Å². The Morgan fingerprint density at radius 1 is 1.17 bits per heavy atom. The van der Waals surface area contributed by atoms with Crippen molar-refractivity contribution in [2.24, 2.45) is 7.05 Å². The highest BCUT2D eigenvalue weighted by Crippen LogP contribution is 2.28. The van der Waals surface area contributed by atoms with Crippen molar-refractivity contribution in [1.82, 2.24) is 24.3 Å². The van der Waals surface area contributed by atoms with Crippen LogP contribution in [0.4, 0.5) is 13.2 Å². The van der Waals surface area contributed by atoms with E-state index >= 15 is 0 Å². The molecule has 0 amide bonds. The Labute approximate surface area is 162 Å². The van der Waals surface area contributed by atoms with Crippen molar-refractivity contribution in [3.05, 3.63) is 70.8 Å². The van der Waals surface area contributed by atoms with Gasteiger partial charge in [0.2, 0.25) is 0 Å². The summed E-state index contributed by atoms with van der Waals surface area (Å²) in [6, 6.07) is 8.76. The zero-order valence-electron chi connectivity index (χ0n) is 15.1. The summed E-state index contributed by atoms with van der Waals surface area (Å²) in [5, 5.41) is 7.80. The van der Waals surface area contributed by atoms with E-state index in [0.717, 1.165) is 6.07 Å². The lowest BCUT2D eigenvalue weighted by Gasteiger charge is -2.09. The van der Waals surface area contributed by atoms with Crippen LogP contribution in [-0.2, 0) is 13.6 Å². The van der Waals surface area contributed by atoms with Gasteiger partial charge in [-0.3, -0.25) is 9.13 Å². The predicted molar refractivity (Wildman–Crippen MR) is 98.1 cm³/mol. The topological polar surface area (TPSA) is 74.8 Å². The molecule has 1 aromatic carbocycles. The summed E-state index contributed by atoms with van der Waals surface area (Å²) in [6.07, 6.45) is 3.01. The van der Waals surface area contributed by atoms with Gasteiger partial charge < -0.3 is 4.74 Å². The van der Waals surface area contributed by atoms with E-state index in [-0.39, 0.29) is 12.2 Å². The van der Waals surface area contributed by atoms with Crippen LogP contribution in [0.15, 0.2) is 53.6 Å². The van der Waals surface area contributed by atoms with E-state index < -0.39 is 18.2 Å². The van der Waals surface area contributed by atoms with Crippen LogP contribution in [0.25, 0.3) is 22.3 Å². The smallest absolute Gasteiger partial charge is 0.387 e. The van der Waals surface area contributed by atoms with Crippen LogP contribution in [0, 0.1) is 5.82 Å². The lowest BCUT2D eigenvalue weighted by molar-refractivity contribution is -0.0521. The third-order valence-electron chi connectivity index (χ3n) is 4.40. The van der Waals surface area contributed by atoms with Gasteiger partial charge in [0.05, 0.1) is 17.8 Å². The number of imidazole rings is 1. The lowest BCUT2D eigenvalue weighted by atomic mass is 10.1. The first-order chi connectivity index (χ1) is 13.9. The molecule has 0 aliphatic heterocycles. The van der Waals surface area contributed by atoms with E-state index in [0.29, 0.717) is 28.0 Å². The number of hydrogen-bond donors (Lipinski definition) is 0. The van der Waals surface area contributed by atoms with E-state index in [1.54, 1.807) is 25.2 Å². The largest absolute Gasteiger partial charge is 0.432 e. The van der Waals surface area contributed by atoms with Gasteiger partial charge in [-0.15, -0.1) is 0 Å². The van der Waals surface area contributed by atoms with E-state index in [4.69, 9.17) is 0 Å². The van der Waals surface area contributed by atoms with E-state index in [1.165, 1.54) is 33.7 Å². The molecule has 0 aliphatic carbocycles. The molecule has 0 unspecified atom stereocenters. The fourth-order valence-corrected chi connectivity index (χ4v) is 3.04. The molecule has 3 aromatic heterocycles. The van der Waals surface area contributed by atoms with E-state index in [2.05, 4.69) is 19.9 Å². The van der Waals surface area contributed by atoms with Gasteiger partial charge in [-0.25, -0.2) is 14.2 Å². The molecule has 10 heteroatoms. The molecule has 0 saturated carbocycles. The fraction of sp³-hybridized carbons (Fsp3) is 0.158. The van der Waals surface area contributed by atoms with Crippen LogP contribution in [0.3, 0.4) is 0 Å². The molecule has 0 spiro atoms. The number of rotatable bonds is 5. The van der Waals surface area contributed by atoms with Crippen molar-refractivity contribution in [3.63, 3.8) is 0 Å². The molecular formula is C19H14F3N5O2. The average Bonchev–Trinajstić information content (AvgIpc) is 2.94. The number of pyridine rings is 1. The number of fused-ring (bicyclic) bond motifs is 1.